The highest BCUT2D eigenvalue weighted by molar-refractivity contribution is 5.81. The molecular weight excluding hydrogens is 232 g/mol. The molecular formula is C13H20N2O3. The lowest BCUT2D eigenvalue weighted by atomic mass is 10.2. The molecule has 0 heterocycles. The Morgan fingerprint density at radius 3 is 2.56 bits per heavy atom. The third-order valence-electron chi connectivity index (χ3n) is 2.60. The van der Waals surface area contributed by atoms with Crippen LogP contribution in [0.5, 0.6) is 5.75 Å². The van der Waals surface area contributed by atoms with Crippen LogP contribution >= 0.6 is 0 Å². The molecule has 1 aromatic carbocycles. The van der Waals surface area contributed by atoms with Crippen LogP contribution in [0.15, 0.2) is 24.3 Å². The van der Waals surface area contributed by atoms with Crippen molar-refractivity contribution in [3.8, 4) is 5.75 Å². The Bertz CT molecular complexity index is 365. The minimum atomic E-state index is -0.525. The molecule has 0 saturated carbocycles. The minimum Gasteiger partial charge on any atom is -0.497 e. The van der Waals surface area contributed by atoms with Crippen LogP contribution in [0.1, 0.15) is 12.0 Å². The molecule has 5 heteroatoms. The smallest absolute Gasteiger partial charge is 0.237 e. The highest BCUT2D eigenvalue weighted by Gasteiger charge is 2.12. The predicted molar refractivity (Wildman–Crippen MR) is 69.3 cm³/mol. The normalized spacial score (nSPS) is 11.9. The summed E-state index contributed by atoms with van der Waals surface area (Å²) in [6, 6.07) is 6.99. The average molecular weight is 252 g/mol. The summed E-state index contributed by atoms with van der Waals surface area (Å²) in [5, 5.41) is 2.78. The number of ether oxygens (including phenoxy) is 2. The van der Waals surface area contributed by atoms with Gasteiger partial charge in [0.1, 0.15) is 5.75 Å². The molecule has 1 amide bonds. The standard InChI is InChI=1S/C13H20N2O3/c1-17-8-7-12(14)13(16)15-9-10-3-5-11(18-2)6-4-10/h3-6,12H,7-9,14H2,1-2H3,(H,15,16). The van der Waals surface area contributed by atoms with E-state index in [1.54, 1.807) is 14.2 Å². The molecule has 1 rings (SSSR count). The number of nitrogens with two attached hydrogens (primary N) is 1. The topological polar surface area (TPSA) is 73.6 Å². The molecule has 1 unspecified atom stereocenters. The molecule has 0 aromatic heterocycles. The van der Waals surface area contributed by atoms with E-state index in [2.05, 4.69) is 5.32 Å². The highest BCUT2D eigenvalue weighted by atomic mass is 16.5. The molecule has 0 fully saturated rings. The van der Waals surface area contributed by atoms with Crippen LogP contribution in [0.2, 0.25) is 0 Å². The Kier molecular flexibility index (Phi) is 6.18. The molecule has 3 N–H and O–H groups in total. The van der Waals surface area contributed by atoms with E-state index >= 15 is 0 Å². The molecule has 0 radical (unpaired) electrons. The van der Waals surface area contributed by atoms with E-state index in [0.29, 0.717) is 19.6 Å². The number of rotatable bonds is 7. The maximum Gasteiger partial charge on any atom is 0.237 e. The van der Waals surface area contributed by atoms with Crippen LogP contribution in [0.4, 0.5) is 0 Å². The zero-order valence-corrected chi connectivity index (χ0v) is 10.8. The monoisotopic (exact) mass is 252 g/mol. The van der Waals surface area contributed by atoms with Crippen LogP contribution in [-0.4, -0.2) is 32.8 Å². The summed E-state index contributed by atoms with van der Waals surface area (Å²) >= 11 is 0. The number of carbonyl (C=O) groups excluding carboxylic acids is 1. The number of nitrogens with one attached hydrogen (secondary N) is 1. The zero-order chi connectivity index (χ0) is 13.4. The summed E-state index contributed by atoms with van der Waals surface area (Å²) in [6.45, 7) is 0.945. The second-order valence-electron chi connectivity index (χ2n) is 3.95. The fraction of sp³-hybridized carbons (Fsp3) is 0.462. The molecule has 5 nitrogen and oxygen atoms in total. The van der Waals surface area contributed by atoms with Crippen molar-refractivity contribution >= 4 is 5.91 Å². The summed E-state index contributed by atoms with van der Waals surface area (Å²) < 4.78 is 9.93. The van der Waals surface area contributed by atoms with Gasteiger partial charge in [-0.15, -0.1) is 0 Å². The van der Waals surface area contributed by atoms with Crippen molar-refractivity contribution in [3.05, 3.63) is 29.8 Å². The van der Waals surface area contributed by atoms with E-state index in [-0.39, 0.29) is 5.91 Å². The van der Waals surface area contributed by atoms with Crippen molar-refractivity contribution in [2.24, 2.45) is 5.73 Å². The molecule has 100 valence electrons. The first-order valence-electron chi connectivity index (χ1n) is 5.82. The second-order valence-corrected chi connectivity index (χ2v) is 3.95. The number of hydrogen-bond acceptors (Lipinski definition) is 4. The van der Waals surface area contributed by atoms with Crippen LogP contribution in [0.25, 0.3) is 0 Å². The van der Waals surface area contributed by atoms with Gasteiger partial charge >= 0.3 is 0 Å². The first-order chi connectivity index (χ1) is 8.67. The number of benzene rings is 1. The molecule has 1 aromatic rings. The number of carbonyl (C=O) groups is 1. The Morgan fingerprint density at radius 2 is 2.00 bits per heavy atom. The van der Waals surface area contributed by atoms with E-state index in [0.717, 1.165) is 11.3 Å². The van der Waals surface area contributed by atoms with Gasteiger partial charge in [0, 0.05) is 20.3 Å². The van der Waals surface area contributed by atoms with Crippen molar-refractivity contribution in [2.45, 2.75) is 19.0 Å². The van der Waals surface area contributed by atoms with Crippen LogP contribution < -0.4 is 15.8 Å². The molecule has 0 saturated heterocycles. The predicted octanol–water partition coefficient (Wildman–Crippen LogP) is 0.675. The summed E-state index contributed by atoms with van der Waals surface area (Å²) in [5.41, 5.74) is 6.70. The number of methoxy groups -OCH3 is 2. The molecule has 0 aliphatic heterocycles. The van der Waals surface area contributed by atoms with Crippen molar-refractivity contribution in [2.75, 3.05) is 20.8 Å². The van der Waals surface area contributed by atoms with Crippen molar-refractivity contribution in [3.63, 3.8) is 0 Å². The maximum absolute atomic E-state index is 11.6. The molecule has 0 aliphatic carbocycles. The third kappa shape index (κ3) is 4.73. The van der Waals surface area contributed by atoms with E-state index in [9.17, 15) is 4.79 Å². The van der Waals surface area contributed by atoms with Gasteiger partial charge < -0.3 is 20.5 Å². The van der Waals surface area contributed by atoms with Gasteiger partial charge in [0.05, 0.1) is 13.2 Å². The van der Waals surface area contributed by atoms with Gasteiger partial charge in [-0.3, -0.25) is 4.79 Å². The van der Waals surface area contributed by atoms with Gasteiger partial charge in [-0.05, 0) is 24.1 Å². The van der Waals surface area contributed by atoms with Crippen LogP contribution in [0.3, 0.4) is 0 Å². The fourth-order valence-corrected chi connectivity index (χ4v) is 1.44. The largest absolute Gasteiger partial charge is 0.497 e. The van der Waals surface area contributed by atoms with Gasteiger partial charge in [-0.1, -0.05) is 12.1 Å². The maximum atomic E-state index is 11.6. The van der Waals surface area contributed by atoms with E-state index < -0.39 is 6.04 Å². The molecule has 1 atom stereocenters. The lowest BCUT2D eigenvalue weighted by Gasteiger charge is -2.11. The summed E-state index contributed by atoms with van der Waals surface area (Å²) in [5.74, 6) is 0.629. The Hall–Kier alpha value is -1.59. The summed E-state index contributed by atoms with van der Waals surface area (Å²) in [7, 11) is 3.20. The van der Waals surface area contributed by atoms with Crippen molar-refractivity contribution in [1.29, 1.82) is 0 Å². The van der Waals surface area contributed by atoms with E-state index in [4.69, 9.17) is 15.2 Å². The molecule has 0 bridgehead atoms. The van der Waals surface area contributed by atoms with Gasteiger partial charge in [-0.2, -0.15) is 0 Å². The first-order valence-corrected chi connectivity index (χ1v) is 5.82. The van der Waals surface area contributed by atoms with Gasteiger partial charge in [0.2, 0.25) is 5.91 Å². The average Bonchev–Trinajstić information content (AvgIpc) is 2.42. The van der Waals surface area contributed by atoms with Crippen molar-refractivity contribution < 1.29 is 14.3 Å². The SMILES string of the molecule is COCCC(N)C(=O)NCc1ccc(OC)cc1. The van der Waals surface area contributed by atoms with Crippen LogP contribution in [-0.2, 0) is 16.1 Å². The Labute approximate surface area is 107 Å². The van der Waals surface area contributed by atoms with Gasteiger partial charge in [0.15, 0.2) is 0 Å². The first kappa shape index (κ1) is 14.5. The second kappa shape index (κ2) is 7.68. The molecule has 18 heavy (non-hydrogen) atoms. The highest BCUT2D eigenvalue weighted by Crippen LogP contribution is 2.10. The summed E-state index contributed by atoms with van der Waals surface area (Å²) in [4.78, 5) is 11.6. The van der Waals surface area contributed by atoms with E-state index in [1.807, 2.05) is 24.3 Å². The van der Waals surface area contributed by atoms with Crippen molar-refractivity contribution in [1.82, 2.24) is 5.32 Å². The lowest BCUT2D eigenvalue weighted by molar-refractivity contribution is -0.122. The van der Waals surface area contributed by atoms with Crippen LogP contribution in [0, 0.1) is 0 Å². The van der Waals surface area contributed by atoms with Gasteiger partial charge in [-0.25, -0.2) is 0 Å². The molecule has 0 aliphatic rings. The minimum absolute atomic E-state index is 0.164. The number of amides is 1. The quantitative estimate of drug-likeness (QED) is 0.748. The Morgan fingerprint density at radius 1 is 1.33 bits per heavy atom. The fourth-order valence-electron chi connectivity index (χ4n) is 1.44. The summed E-state index contributed by atoms with van der Waals surface area (Å²) in [6.07, 6.45) is 0.519. The third-order valence-corrected chi connectivity index (χ3v) is 2.60. The zero-order valence-electron chi connectivity index (χ0n) is 10.8. The Balaban J connectivity index is 2.37. The molecule has 0 spiro atoms. The van der Waals surface area contributed by atoms with Gasteiger partial charge in [0.25, 0.3) is 0 Å². The van der Waals surface area contributed by atoms with E-state index in [1.165, 1.54) is 0 Å². The number of hydrogen-bond donors (Lipinski definition) is 2. The lowest BCUT2D eigenvalue weighted by Crippen LogP contribution is -2.40.